The van der Waals surface area contributed by atoms with Crippen LogP contribution in [0.2, 0.25) is 0 Å². The highest BCUT2D eigenvalue weighted by Gasteiger charge is 2.22. The fourth-order valence-electron chi connectivity index (χ4n) is 3.49. The van der Waals surface area contributed by atoms with Crippen LogP contribution in [-0.2, 0) is 4.79 Å². The first kappa shape index (κ1) is 19.4. The Morgan fingerprint density at radius 3 is 2.62 bits per heavy atom. The van der Waals surface area contributed by atoms with E-state index in [0.717, 1.165) is 42.7 Å². The molecule has 0 radical (unpaired) electrons. The van der Waals surface area contributed by atoms with Crippen molar-refractivity contribution in [3.05, 3.63) is 60.7 Å². The van der Waals surface area contributed by atoms with E-state index in [0.29, 0.717) is 5.75 Å². The Labute approximate surface area is 174 Å². The summed E-state index contributed by atoms with van der Waals surface area (Å²) in [6, 6.07) is 10.2. The van der Waals surface area contributed by atoms with E-state index >= 15 is 0 Å². The van der Waals surface area contributed by atoms with Crippen LogP contribution in [0.3, 0.4) is 0 Å². The molecule has 4 rings (SSSR count). The Hall–Kier alpha value is -2.87. The predicted molar refractivity (Wildman–Crippen MR) is 114 cm³/mol. The molecule has 7 nitrogen and oxygen atoms in total. The first-order valence-electron chi connectivity index (χ1n) is 9.74. The summed E-state index contributed by atoms with van der Waals surface area (Å²) in [5.74, 6) is 1.16. The Morgan fingerprint density at radius 2 is 1.86 bits per heavy atom. The van der Waals surface area contributed by atoms with E-state index in [-0.39, 0.29) is 11.9 Å². The minimum atomic E-state index is 0.0451. The Kier molecular flexibility index (Phi) is 6.09. The quantitative estimate of drug-likeness (QED) is 0.632. The third-order valence-corrected chi connectivity index (χ3v) is 5.98. The summed E-state index contributed by atoms with van der Waals surface area (Å²) in [7, 11) is 0. The summed E-state index contributed by atoms with van der Waals surface area (Å²) in [5.41, 5.74) is 2.26. The number of benzene rings is 1. The van der Waals surface area contributed by atoms with Crippen molar-refractivity contribution >= 4 is 23.6 Å². The average Bonchev–Trinajstić information content (AvgIpc) is 3.22. The molecular formula is C21H24N6OS. The maximum Gasteiger partial charge on any atom is 0.230 e. The number of nitrogens with one attached hydrogen (secondary N) is 1. The lowest BCUT2D eigenvalue weighted by Crippen LogP contribution is -2.45. The summed E-state index contributed by atoms with van der Waals surface area (Å²) in [6.07, 6.45) is 9.01. The Morgan fingerprint density at radius 1 is 1.10 bits per heavy atom. The minimum Gasteiger partial charge on any atom is -0.353 e. The molecule has 1 saturated heterocycles. The summed E-state index contributed by atoms with van der Waals surface area (Å²) in [4.78, 5) is 27.7. The summed E-state index contributed by atoms with van der Waals surface area (Å²) < 4.78 is 2.03. The SMILES string of the molecule is Cc1ccccc1-n1ccnc1SCC(=O)NC1CCN(c2ncccn2)CC1. The van der Waals surface area contributed by atoms with Gasteiger partial charge in [0.15, 0.2) is 5.16 Å². The number of amides is 1. The maximum atomic E-state index is 12.5. The van der Waals surface area contributed by atoms with Crippen molar-refractivity contribution in [1.82, 2.24) is 24.8 Å². The molecule has 1 aliphatic heterocycles. The van der Waals surface area contributed by atoms with Gasteiger partial charge in [0.1, 0.15) is 0 Å². The molecule has 0 atom stereocenters. The number of thioether (sulfide) groups is 1. The summed E-state index contributed by atoms with van der Waals surface area (Å²) in [5, 5.41) is 3.98. The van der Waals surface area contributed by atoms with Gasteiger partial charge in [-0.05, 0) is 37.5 Å². The van der Waals surface area contributed by atoms with Gasteiger partial charge in [0.05, 0.1) is 11.4 Å². The largest absolute Gasteiger partial charge is 0.353 e. The second-order valence-electron chi connectivity index (χ2n) is 7.03. The molecule has 0 bridgehead atoms. The number of rotatable bonds is 6. The van der Waals surface area contributed by atoms with Gasteiger partial charge in [-0.15, -0.1) is 0 Å². The fraction of sp³-hybridized carbons (Fsp3) is 0.333. The highest BCUT2D eigenvalue weighted by Crippen LogP contribution is 2.22. The molecule has 0 aliphatic carbocycles. The van der Waals surface area contributed by atoms with Crippen LogP contribution < -0.4 is 10.2 Å². The highest BCUT2D eigenvalue weighted by molar-refractivity contribution is 7.99. The molecule has 0 saturated carbocycles. The Balaban J connectivity index is 1.28. The minimum absolute atomic E-state index is 0.0451. The molecule has 0 spiro atoms. The molecule has 1 aromatic carbocycles. The van der Waals surface area contributed by atoms with E-state index in [9.17, 15) is 4.79 Å². The lowest BCUT2D eigenvalue weighted by Gasteiger charge is -2.32. The zero-order chi connectivity index (χ0) is 20.1. The standard InChI is InChI=1S/C21H24N6OS/c1-16-5-2-3-6-18(16)27-14-11-24-21(27)29-15-19(28)25-17-7-12-26(13-8-17)20-22-9-4-10-23-20/h2-6,9-11,14,17H,7-8,12-13,15H2,1H3,(H,25,28). The number of piperidine rings is 1. The number of carbonyl (C=O) groups is 1. The van der Waals surface area contributed by atoms with Crippen molar-refractivity contribution in [3.63, 3.8) is 0 Å². The molecule has 29 heavy (non-hydrogen) atoms. The van der Waals surface area contributed by atoms with Crippen LogP contribution in [0.25, 0.3) is 5.69 Å². The van der Waals surface area contributed by atoms with Crippen molar-refractivity contribution in [2.24, 2.45) is 0 Å². The second-order valence-corrected chi connectivity index (χ2v) is 7.98. The molecular weight excluding hydrogens is 384 g/mol. The van der Waals surface area contributed by atoms with E-state index in [4.69, 9.17) is 0 Å². The van der Waals surface area contributed by atoms with Gasteiger partial charge in [0.2, 0.25) is 11.9 Å². The number of anilines is 1. The van der Waals surface area contributed by atoms with Gasteiger partial charge < -0.3 is 10.2 Å². The average molecular weight is 409 g/mol. The van der Waals surface area contributed by atoms with Crippen molar-refractivity contribution in [1.29, 1.82) is 0 Å². The first-order chi connectivity index (χ1) is 14.2. The van der Waals surface area contributed by atoms with Crippen molar-refractivity contribution in [2.45, 2.75) is 31.0 Å². The van der Waals surface area contributed by atoms with E-state index in [1.165, 1.54) is 17.3 Å². The van der Waals surface area contributed by atoms with Gasteiger partial charge >= 0.3 is 0 Å². The van der Waals surface area contributed by atoms with Crippen LogP contribution in [0.5, 0.6) is 0 Å². The first-order valence-corrected chi connectivity index (χ1v) is 10.7. The van der Waals surface area contributed by atoms with Crippen LogP contribution in [0, 0.1) is 6.92 Å². The molecule has 3 aromatic rings. The van der Waals surface area contributed by atoms with E-state index < -0.39 is 0 Å². The van der Waals surface area contributed by atoms with Gasteiger partial charge in [-0.1, -0.05) is 30.0 Å². The van der Waals surface area contributed by atoms with Crippen LogP contribution in [0.1, 0.15) is 18.4 Å². The van der Waals surface area contributed by atoms with Crippen molar-refractivity contribution in [2.75, 3.05) is 23.7 Å². The molecule has 0 unspecified atom stereocenters. The van der Waals surface area contributed by atoms with E-state index in [2.05, 4.69) is 44.2 Å². The highest BCUT2D eigenvalue weighted by atomic mass is 32.2. The molecule has 1 N–H and O–H groups in total. The van der Waals surface area contributed by atoms with E-state index in [1.807, 2.05) is 29.0 Å². The van der Waals surface area contributed by atoms with Gasteiger partial charge in [-0.2, -0.15) is 0 Å². The number of aryl methyl sites for hydroxylation is 1. The topological polar surface area (TPSA) is 75.9 Å². The van der Waals surface area contributed by atoms with Gasteiger partial charge in [0.25, 0.3) is 0 Å². The van der Waals surface area contributed by atoms with Crippen LogP contribution in [0.15, 0.2) is 60.3 Å². The molecule has 1 aliphatic rings. The number of hydrogen-bond acceptors (Lipinski definition) is 6. The van der Waals surface area contributed by atoms with Crippen molar-refractivity contribution in [3.8, 4) is 5.69 Å². The lowest BCUT2D eigenvalue weighted by molar-refractivity contribution is -0.119. The lowest BCUT2D eigenvalue weighted by atomic mass is 10.1. The molecule has 2 aromatic heterocycles. The smallest absolute Gasteiger partial charge is 0.230 e. The molecule has 1 fully saturated rings. The zero-order valence-corrected chi connectivity index (χ0v) is 17.2. The molecule has 8 heteroatoms. The molecule has 1 amide bonds. The van der Waals surface area contributed by atoms with Gasteiger partial charge in [-0.3, -0.25) is 9.36 Å². The number of aromatic nitrogens is 4. The maximum absolute atomic E-state index is 12.5. The van der Waals surface area contributed by atoms with Gasteiger partial charge in [0, 0.05) is 43.9 Å². The number of imidazole rings is 1. The normalized spacial score (nSPS) is 14.7. The fourth-order valence-corrected chi connectivity index (χ4v) is 4.27. The van der Waals surface area contributed by atoms with E-state index in [1.54, 1.807) is 18.6 Å². The van der Waals surface area contributed by atoms with Crippen LogP contribution in [-0.4, -0.2) is 50.3 Å². The molecule has 3 heterocycles. The van der Waals surface area contributed by atoms with Crippen LogP contribution in [0.4, 0.5) is 5.95 Å². The Bertz CT molecular complexity index is 953. The summed E-state index contributed by atoms with van der Waals surface area (Å²) >= 11 is 1.46. The van der Waals surface area contributed by atoms with Gasteiger partial charge in [-0.25, -0.2) is 15.0 Å². The monoisotopic (exact) mass is 408 g/mol. The van der Waals surface area contributed by atoms with Crippen molar-refractivity contribution < 1.29 is 4.79 Å². The third-order valence-electron chi connectivity index (χ3n) is 5.01. The number of carbonyl (C=O) groups excluding carboxylic acids is 1. The summed E-state index contributed by atoms with van der Waals surface area (Å²) in [6.45, 7) is 3.77. The predicted octanol–water partition coefficient (Wildman–Crippen LogP) is 2.85. The number of nitrogens with zero attached hydrogens (tertiary/aromatic N) is 5. The number of hydrogen-bond donors (Lipinski definition) is 1. The number of para-hydroxylation sites is 1. The second kappa shape index (κ2) is 9.09. The zero-order valence-electron chi connectivity index (χ0n) is 16.4. The third kappa shape index (κ3) is 4.76. The van der Waals surface area contributed by atoms with Crippen LogP contribution >= 0.6 is 11.8 Å². The molecule has 150 valence electrons.